The monoisotopic (exact) mass is 557 g/mol. The van der Waals surface area contributed by atoms with E-state index in [2.05, 4.69) is 16.0 Å². The Morgan fingerprint density at radius 2 is 1.21 bits per heavy atom. The average molecular weight is 558 g/mol. The molecule has 4 aromatic rings. The quantitative estimate of drug-likeness (QED) is 0.205. The normalized spacial score (nSPS) is 11.2. The number of para-hydroxylation sites is 2. The second kappa shape index (κ2) is 16.1. The summed E-state index contributed by atoms with van der Waals surface area (Å²) < 4.78 is 43.6. The third kappa shape index (κ3) is 11.1. The average Bonchev–Trinajstić information content (AvgIpc) is 2.93. The van der Waals surface area contributed by atoms with Crippen molar-refractivity contribution in [3.63, 3.8) is 0 Å². The molecule has 0 heterocycles. The Morgan fingerprint density at radius 3 is 1.64 bits per heavy atom. The number of hydrogen-bond donors (Lipinski definition) is 3. The van der Waals surface area contributed by atoms with E-state index in [0.717, 1.165) is 42.0 Å². The lowest BCUT2D eigenvalue weighted by Crippen LogP contribution is -2.19. The predicted octanol–water partition coefficient (Wildman–Crippen LogP) is 8.19. The molecule has 2 amide bonds. The zero-order valence-electron chi connectivity index (χ0n) is 21.3. The second-order valence-electron chi connectivity index (χ2n) is 8.24. The van der Waals surface area contributed by atoms with E-state index in [-0.39, 0.29) is 24.5 Å². The van der Waals surface area contributed by atoms with Gasteiger partial charge >= 0.3 is 12.2 Å². The van der Waals surface area contributed by atoms with Crippen molar-refractivity contribution in [2.75, 3.05) is 24.2 Å². The zero-order chi connectivity index (χ0) is 27.2. The lowest BCUT2D eigenvalue weighted by molar-refractivity contribution is -0.137. The van der Waals surface area contributed by atoms with Gasteiger partial charge in [-0.15, -0.1) is 12.4 Å². The number of carbonyl (C=O) groups is 1. The lowest BCUT2D eigenvalue weighted by atomic mass is 10.1. The molecule has 4 rings (SSSR count). The van der Waals surface area contributed by atoms with Crippen LogP contribution in [0.15, 0.2) is 115 Å². The maximum atomic E-state index is 12.6. The first-order valence-corrected chi connectivity index (χ1v) is 12.1. The van der Waals surface area contributed by atoms with Crippen LogP contribution in [0.1, 0.15) is 23.7 Å². The van der Waals surface area contributed by atoms with E-state index in [4.69, 9.17) is 4.74 Å². The third-order valence-corrected chi connectivity index (χ3v) is 5.35. The van der Waals surface area contributed by atoms with Gasteiger partial charge in [0.2, 0.25) is 0 Å². The molecule has 4 aromatic carbocycles. The number of alkyl halides is 3. The Kier molecular flexibility index (Phi) is 12.9. The highest BCUT2D eigenvalue weighted by molar-refractivity contribution is 5.99. The topological polar surface area (TPSA) is 62.4 Å². The van der Waals surface area contributed by atoms with Crippen molar-refractivity contribution in [2.45, 2.75) is 18.7 Å². The minimum absolute atomic E-state index is 0. The molecule has 0 aliphatic carbocycles. The van der Waals surface area contributed by atoms with Gasteiger partial charge in [-0.1, -0.05) is 66.7 Å². The predicted molar refractivity (Wildman–Crippen MR) is 153 cm³/mol. The number of benzene rings is 4. The van der Waals surface area contributed by atoms with Crippen LogP contribution in [-0.4, -0.2) is 19.6 Å². The van der Waals surface area contributed by atoms with Crippen LogP contribution in [0.2, 0.25) is 0 Å². The molecule has 0 aliphatic rings. The maximum Gasteiger partial charge on any atom is 0.416 e. The molecule has 3 N–H and O–H groups in total. The highest BCUT2D eigenvalue weighted by Gasteiger charge is 2.30. The summed E-state index contributed by atoms with van der Waals surface area (Å²) in [5.74, 6) is 0.429. The molecule has 1 unspecified atom stereocenters. The second-order valence-corrected chi connectivity index (χ2v) is 8.24. The van der Waals surface area contributed by atoms with E-state index in [1.807, 2.05) is 98.0 Å². The Balaban J connectivity index is 0.000000279. The highest BCUT2D eigenvalue weighted by Crippen LogP contribution is 2.31. The largest absolute Gasteiger partial charge is 0.486 e. The molecule has 0 bridgehead atoms. The first kappa shape index (κ1) is 31.2. The molecule has 39 heavy (non-hydrogen) atoms. The van der Waals surface area contributed by atoms with Gasteiger partial charge in [0.05, 0.1) is 5.56 Å². The van der Waals surface area contributed by atoms with E-state index in [9.17, 15) is 18.0 Å². The number of amides is 2. The number of urea groups is 1. The van der Waals surface area contributed by atoms with Gasteiger partial charge in [0.1, 0.15) is 11.9 Å². The molecule has 0 fully saturated rings. The van der Waals surface area contributed by atoms with Crippen molar-refractivity contribution in [3.8, 4) is 5.75 Å². The molecule has 0 spiro atoms. The Bertz CT molecular complexity index is 1180. The van der Waals surface area contributed by atoms with Gasteiger partial charge in [-0.25, -0.2) is 4.79 Å². The standard InChI is InChI=1S/C17H18F3NO.C13H12N2O.ClH/c1-21-12-11-16(13-5-3-2-4-6-13)22-15-9-7-14(8-10-15)17(18,19)20;16-13(14-11-7-3-1-4-8-11)15-12-9-5-2-6-10-12;/h2-10,16,21H,11-12H2,1H3;1-10H,(H2,14,15,16);1H. The number of anilines is 2. The van der Waals surface area contributed by atoms with Crippen LogP contribution in [0.3, 0.4) is 0 Å². The van der Waals surface area contributed by atoms with E-state index >= 15 is 0 Å². The fraction of sp³-hybridized carbons (Fsp3) is 0.167. The highest BCUT2D eigenvalue weighted by atomic mass is 35.5. The van der Waals surface area contributed by atoms with Gasteiger partial charge < -0.3 is 20.7 Å². The summed E-state index contributed by atoms with van der Waals surface area (Å²) in [7, 11) is 1.85. The smallest absolute Gasteiger partial charge is 0.416 e. The first-order valence-electron chi connectivity index (χ1n) is 12.1. The number of nitrogens with one attached hydrogen (secondary N) is 3. The Morgan fingerprint density at radius 1 is 0.744 bits per heavy atom. The van der Waals surface area contributed by atoms with Crippen LogP contribution >= 0.6 is 12.4 Å². The number of rotatable bonds is 8. The minimum atomic E-state index is -4.33. The molecule has 0 aromatic heterocycles. The fourth-order valence-electron chi connectivity index (χ4n) is 3.46. The van der Waals surface area contributed by atoms with Crippen LogP contribution in [0, 0.1) is 0 Å². The minimum Gasteiger partial charge on any atom is -0.486 e. The summed E-state index contributed by atoms with van der Waals surface area (Å²) >= 11 is 0. The maximum absolute atomic E-state index is 12.6. The van der Waals surface area contributed by atoms with Crippen LogP contribution in [0.5, 0.6) is 5.75 Å². The van der Waals surface area contributed by atoms with E-state index < -0.39 is 11.7 Å². The van der Waals surface area contributed by atoms with Crippen LogP contribution in [0.4, 0.5) is 29.3 Å². The zero-order valence-corrected chi connectivity index (χ0v) is 22.1. The van der Waals surface area contributed by atoms with E-state index in [1.54, 1.807) is 0 Å². The van der Waals surface area contributed by atoms with Crippen LogP contribution in [0.25, 0.3) is 0 Å². The molecular weight excluding hydrogens is 527 g/mol. The van der Waals surface area contributed by atoms with Gasteiger partial charge in [-0.3, -0.25) is 0 Å². The molecule has 5 nitrogen and oxygen atoms in total. The third-order valence-electron chi connectivity index (χ3n) is 5.35. The Hall–Kier alpha value is -4.01. The summed E-state index contributed by atoms with van der Waals surface area (Å²) in [6.07, 6.45) is -3.81. The summed E-state index contributed by atoms with van der Waals surface area (Å²) in [5.41, 5.74) is 1.87. The van der Waals surface area contributed by atoms with Crippen LogP contribution < -0.4 is 20.7 Å². The summed E-state index contributed by atoms with van der Waals surface area (Å²) in [5, 5.41) is 8.53. The summed E-state index contributed by atoms with van der Waals surface area (Å²) in [6.45, 7) is 0.750. The number of ether oxygens (including phenoxy) is 1. The summed E-state index contributed by atoms with van der Waals surface area (Å²) in [6, 6.07) is 32.8. The van der Waals surface area contributed by atoms with Crippen molar-refractivity contribution < 1.29 is 22.7 Å². The van der Waals surface area contributed by atoms with Gasteiger partial charge in [0.25, 0.3) is 0 Å². The SMILES string of the molecule is CNCCC(Oc1ccc(C(F)(F)F)cc1)c1ccccc1.Cl.O=C(Nc1ccccc1)Nc1ccccc1. The fourth-order valence-corrected chi connectivity index (χ4v) is 3.46. The van der Waals surface area contributed by atoms with Crippen molar-refractivity contribution in [3.05, 3.63) is 126 Å². The Labute approximate surface area is 232 Å². The van der Waals surface area contributed by atoms with E-state index in [0.29, 0.717) is 5.75 Å². The van der Waals surface area contributed by atoms with Crippen molar-refractivity contribution in [1.29, 1.82) is 0 Å². The number of halogens is 4. The molecule has 0 saturated heterocycles. The van der Waals surface area contributed by atoms with Gasteiger partial charge in [-0.05, 0) is 67.7 Å². The lowest BCUT2D eigenvalue weighted by Gasteiger charge is -2.20. The van der Waals surface area contributed by atoms with Gasteiger partial charge in [0.15, 0.2) is 0 Å². The first-order chi connectivity index (χ1) is 18.3. The molecular formula is C30H31ClF3N3O2. The van der Waals surface area contributed by atoms with Crippen LogP contribution in [-0.2, 0) is 6.18 Å². The summed E-state index contributed by atoms with van der Waals surface area (Å²) in [4.78, 5) is 11.6. The molecule has 9 heteroatoms. The van der Waals surface area contributed by atoms with E-state index in [1.165, 1.54) is 12.1 Å². The molecule has 0 radical (unpaired) electrons. The van der Waals surface area contributed by atoms with Gasteiger partial charge in [-0.2, -0.15) is 13.2 Å². The molecule has 0 aliphatic heterocycles. The van der Waals surface area contributed by atoms with Crippen molar-refractivity contribution >= 4 is 29.8 Å². The molecule has 206 valence electrons. The van der Waals surface area contributed by atoms with Gasteiger partial charge in [0, 0.05) is 17.8 Å². The van der Waals surface area contributed by atoms with Crippen molar-refractivity contribution in [1.82, 2.24) is 5.32 Å². The molecule has 1 atom stereocenters. The van der Waals surface area contributed by atoms with Crippen molar-refractivity contribution in [2.24, 2.45) is 0 Å². The molecule has 0 saturated carbocycles. The number of carbonyl (C=O) groups excluding carboxylic acids is 1. The number of hydrogen-bond acceptors (Lipinski definition) is 3.